The van der Waals surface area contributed by atoms with Crippen molar-refractivity contribution in [1.29, 1.82) is 0 Å². The summed E-state index contributed by atoms with van der Waals surface area (Å²) < 4.78 is 23.8. The van der Waals surface area contributed by atoms with Crippen molar-refractivity contribution in [3.05, 3.63) is 0 Å². The van der Waals surface area contributed by atoms with E-state index in [1.165, 1.54) is 0 Å². The minimum Gasteiger partial charge on any atom is -0.415 e. The van der Waals surface area contributed by atoms with Gasteiger partial charge in [0.2, 0.25) is 0 Å². The molecule has 0 atom stereocenters. The molecule has 0 rings (SSSR count). The minimum absolute atomic E-state index is 0.224. The van der Waals surface area contributed by atoms with Gasteiger partial charge in [-0.1, -0.05) is 0 Å². The second-order valence-corrected chi connectivity index (χ2v) is 29.4. The molecule has 0 radical (unpaired) electrons. The van der Waals surface area contributed by atoms with Gasteiger partial charge in [-0.2, -0.15) is 0 Å². The van der Waals surface area contributed by atoms with Crippen LogP contribution in [0, 0.1) is 0 Å². The van der Waals surface area contributed by atoms with Crippen LogP contribution in [0.2, 0.25) is 71.1 Å². The van der Waals surface area contributed by atoms with Gasteiger partial charge >= 0.3 is 51.4 Å². The third kappa shape index (κ3) is 13.7. The highest BCUT2D eigenvalue weighted by Gasteiger charge is 2.53. The molecule has 0 amide bonds. The Bertz CT molecular complexity index is 364. The second kappa shape index (κ2) is 8.15. The lowest BCUT2D eigenvalue weighted by Gasteiger charge is -2.43. The largest absolute Gasteiger partial charge is 0.415 e. The zero-order valence-corrected chi connectivity index (χ0v) is 23.1. The van der Waals surface area contributed by atoms with Gasteiger partial charge in [-0.25, -0.2) is 0 Å². The Labute approximate surface area is 158 Å². The molecule has 0 saturated carbocycles. The molecule has 0 aliphatic rings. The van der Waals surface area contributed by atoms with Crippen molar-refractivity contribution in [2.75, 3.05) is 0 Å². The molecular formula is C11H36O8Si6. The first-order chi connectivity index (χ1) is 10.5. The van der Waals surface area contributed by atoms with Crippen molar-refractivity contribution >= 4 is 51.4 Å². The Morgan fingerprint density at radius 3 is 0.720 bits per heavy atom. The molecular weight excluding hydrogens is 429 g/mol. The van der Waals surface area contributed by atoms with Gasteiger partial charge in [0.15, 0.2) is 0 Å². The predicted molar refractivity (Wildman–Crippen MR) is 111 cm³/mol. The zero-order valence-electron chi connectivity index (χ0n) is 17.1. The van der Waals surface area contributed by atoms with Gasteiger partial charge in [0.25, 0.3) is 0 Å². The molecule has 8 nitrogen and oxygen atoms in total. The van der Waals surface area contributed by atoms with Crippen LogP contribution in [-0.4, -0.2) is 70.5 Å². The molecule has 0 unspecified atom stereocenters. The molecule has 152 valence electrons. The first-order valence-electron chi connectivity index (χ1n) is 8.23. The first-order valence-corrected chi connectivity index (χ1v) is 24.7. The summed E-state index contributed by atoms with van der Waals surface area (Å²) in [7, 11) is -18.0. The molecule has 0 bridgehead atoms. The SMILES string of the molecule is C[Si](C)(O)O[Si](C)(C[Si](C)(O[Si](C)(C)O)O[Si](C)(C)O)O[Si](C)(C)O. The van der Waals surface area contributed by atoms with E-state index >= 15 is 0 Å². The van der Waals surface area contributed by atoms with Crippen molar-refractivity contribution in [3.8, 4) is 0 Å². The lowest BCUT2D eigenvalue weighted by molar-refractivity contribution is 0.272. The van der Waals surface area contributed by atoms with Crippen LogP contribution in [0.15, 0.2) is 0 Å². The molecule has 4 N–H and O–H groups in total. The highest BCUT2D eigenvalue weighted by atomic mass is 28.5. The van der Waals surface area contributed by atoms with Crippen molar-refractivity contribution in [2.45, 2.75) is 71.1 Å². The van der Waals surface area contributed by atoms with Crippen LogP contribution in [0.3, 0.4) is 0 Å². The first kappa shape index (κ1) is 26.0. The van der Waals surface area contributed by atoms with Crippen LogP contribution in [0.4, 0.5) is 0 Å². The Hall–Kier alpha value is 0.981. The number of hydrogen-bond acceptors (Lipinski definition) is 8. The summed E-state index contributed by atoms with van der Waals surface area (Å²) in [5.41, 5.74) is 0.224. The average Bonchev–Trinajstić information content (AvgIpc) is 1.97. The Balaban J connectivity index is 5.79. The molecule has 14 heteroatoms. The average molecular weight is 465 g/mol. The van der Waals surface area contributed by atoms with Crippen LogP contribution < -0.4 is 0 Å². The fourth-order valence-electron chi connectivity index (χ4n) is 2.88. The van der Waals surface area contributed by atoms with Gasteiger partial charge in [-0.15, -0.1) is 0 Å². The summed E-state index contributed by atoms with van der Waals surface area (Å²) in [5, 5.41) is 0. The van der Waals surface area contributed by atoms with Gasteiger partial charge < -0.3 is 35.6 Å². The maximum atomic E-state index is 10.3. The van der Waals surface area contributed by atoms with E-state index in [0.29, 0.717) is 0 Å². The lowest BCUT2D eigenvalue weighted by atomic mass is 11.8. The molecule has 0 aromatic heterocycles. The van der Waals surface area contributed by atoms with Crippen LogP contribution in [0.1, 0.15) is 0 Å². The van der Waals surface area contributed by atoms with E-state index in [9.17, 15) is 19.2 Å². The summed E-state index contributed by atoms with van der Waals surface area (Å²) >= 11 is 0. The second-order valence-electron chi connectivity index (χ2n) is 8.64. The molecule has 0 aliphatic heterocycles. The summed E-state index contributed by atoms with van der Waals surface area (Å²) in [6, 6.07) is 0. The van der Waals surface area contributed by atoms with Gasteiger partial charge in [-0.05, 0) is 65.5 Å². The van der Waals surface area contributed by atoms with Gasteiger partial charge in [-0.3, -0.25) is 0 Å². The molecule has 0 aromatic rings. The van der Waals surface area contributed by atoms with Gasteiger partial charge in [0.1, 0.15) is 0 Å². The standard InChI is InChI=1S/C11H36O8Si6/c1-20(2,12)16-24(9,17-21(3,4)13)11-25(10,18-22(5,6)14)19-23(7,8)15/h12-15H,11H2,1-10H3. The van der Waals surface area contributed by atoms with Crippen LogP contribution >= 0.6 is 0 Å². The van der Waals surface area contributed by atoms with Gasteiger partial charge in [0, 0.05) is 5.67 Å². The molecule has 0 saturated heterocycles. The maximum absolute atomic E-state index is 10.3. The van der Waals surface area contributed by atoms with Crippen molar-refractivity contribution < 1.29 is 35.6 Å². The van der Waals surface area contributed by atoms with Crippen LogP contribution in [-0.2, 0) is 16.5 Å². The fourth-order valence-corrected chi connectivity index (χ4v) is 29.3. The van der Waals surface area contributed by atoms with E-state index in [4.69, 9.17) is 16.5 Å². The highest BCUT2D eigenvalue weighted by molar-refractivity contribution is 6.96. The van der Waals surface area contributed by atoms with Crippen LogP contribution in [0.25, 0.3) is 0 Å². The highest BCUT2D eigenvalue weighted by Crippen LogP contribution is 2.31. The number of rotatable bonds is 10. The molecule has 0 aromatic carbocycles. The third-order valence-electron chi connectivity index (χ3n) is 2.50. The van der Waals surface area contributed by atoms with E-state index in [2.05, 4.69) is 0 Å². The van der Waals surface area contributed by atoms with E-state index in [1.54, 1.807) is 65.5 Å². The topological polar surface area (TPSA) is 118 Å². The van der Waals surface area contributed by atoms with E-state index in [-0.39, 0.29) is 5.67 Å². The normalized spacial score (nSPS) is 15.6. The van der Waals surface area contributed by atoms with Crippen molar-refractivity contribution in [1.82, 2.24) is 0 Å². The number of hydrogen-bond donors (Lipinski definition) is 4. The van der Waals surface area contributed by atoms with Crippen LogP contribution in [0.5, 0.6) is 0 Å². The van der Waals surface area contributed by atoms with E-state index in [1.807, 2.05) is 0 Å². The minimum atomic E-state index is -3.10. The third-order valence-corrected chi connectivity index (χ3v) is 22.5. The fraction of sp³-hybridized carbons (Fsp3) is 1.00. The Morgan fingerprint density at radius 1 is 0.440 bits per heavy atom. The van der Waals surface area contributed by atoms with Crippen molar-refractivity contribution in [3.63, 3.8) is 0 Å². The Morgan fingerprint density at radius 2 is 0.600 bits per heavy atom. The maximum Gasteiger partial charge on any atom is 0.320 e. The van der Waals surface area contributed by atoms with Crippen molar-refractivity contribution in [2.24, 2.45) is 0 Å². The quantitative estimate of drug-likeness (QED) is 0.359. The molecule has 0 aliphatic carbocycles. The summed E-state index contributed by atoms with van der Waals surface area (Å²) in [6.45, 7) is 16.6. The molecule has 0 fully saturated rings. The van der Waals surface area contributed by atoms with E-state index < -0.39 is 51.4 Å². The monoisotopic (exact) mass is 464 g/mol. The molecule has 0 heterocycles. The summed E-state index contributed by atoms with van der Waals surface area (Å²) in [5.74, 6) is 0. The predicted octanol–water partition coefficient (Wildman–Crippen LogP) is 1.51. The zero-order chi connectivity index (χ0) is 20.5. The summed E-state index contributed by atoms with van der Waals surface area (Å²) in [4.78, 5) is 41.1. The molecule has 0 spiro atoms. The smallest absolute Gasteiger partial charge is 0.320 e. The van der Waals surface area contributed by atoms with E-state index in [0.717, 1.165) is 0 Å². The Kier molecular flexibility index (Phi) is 8.47. The lowest BCUT2D eigenvalue weighted by Crippen LogP contribution is -2.63. The molecule has 25 heavy (non-hydrogen) atoms. The van der Waals surface area contributed by atoms with Gasteiger partial charge in [0.05, 0.1) is 0 Å². The summed E-state index contributed by atoms with van der Waals surface area (Å²) in [6.07, 6.45) is 0.